The first kappa shape index (κ1) is 15.2. The first-order chi connectivity index (χ1) is 8.72. The van der Waals surface area contributed by atoms with Gasteiger partial charge in [0, 0.05) is 31.3 Å². The average molecular weight is 287 g/mol. The molecule has 0 amide bonds. The number of hydrogen-bond donors (Lipinski definition) is 2. The van der Waals surface area contributed by atoms with E-state index >= 15 is 0 Å². The summed E-state index contributed by atoms with van der Waals surface area (Å²) in [7, 11) is 0. The summed E-state index contributed by atoms with van der Waals surface area (Å²) in [5.41, 5.74) is 1.15. The van der Waals surface area contributed by atoms with Crippen LogP contribution >= 0.6 is 23.8 Å². The maximum atomic E-state index is 5.81. The van der Waals surface area contributed by atoms with E-state index in [1.807, 2.05) is 31.2 Å². The highest BCUT2D eigenvalue weighted by Crippen LogP contribution is 2.08. The molecular weight excluding hydrogens is 268 g/mol. The molecule has 100 valence electrons. The minimum Gasteiger partial charge on any atom is -0.382 e. The largest absolute Gasteiger partial charge is 0.382 e. The number of nitrogens with one attached hydrogen (secondary N) is 2. The van der Waals surface area contributed by atoms with E-state index in [-0.39, 0.29) is 0 Å². The van der Waals surface area contributed by atoms with Crippen molar-refractivity contribution in [3.8, 4) is 0 Å². The van der Waals surface area contributed by atoms with Crippen molar-refractivity contribution in [2.24, 2.45) is 0 Å². The van der Waals surface area contributed by atoms with Crippen LogP contribution in [0.25, 0.3) is 0 Å². The number of halogens is 1. The molecule has 0 aliphatic carbocycles. The Hall–Kier alpha value is -0.840. The fraction of sp³-hybridized carbons (Fsp3) is 0.462. The summed E-state index contributed by atoms with van der Waals surface area (Å²) in [5.74, 6) is 0. The number of ether oxygens (including phenoxy) is 1. The normalized spacial score (nSPS) is 10.1. The lowest BCUT2D eigenvalue weighted by Crippen LogP contribution is -2.35. The van der Waals surface area contributed by atoms with Gasteiger partial charge in [0.15, 0.2) is 5.11 Å². The lowest BCUT2D eigenvalue weighted by molar-refractivity contribution is 0.145. The molecule has 0 aliphatic rings. The summed E-state index contributed by atoms with van der Waals surface area (Å²) in [6.45, 7) is 5.05. The maximum Gasteiger partial charge on any atom is 0.166 e. The van der Waals surface area contributed by atoms with E-state index in [0.717, 1.165) is 36.8 Å². The molecule has 0 aliphatic heterocycles. The number of rotatable bonds is 7. The first-order valence-electron chi connectivity index (χ1n) is 6.06. The molecular formula is C13H19ClN2OS. The molecule has 18 heavy (non-hydrogen) atoms. The van der Waals surface area contributed by atoms with E-state index in [2.05, 4.69) is 10.6 Å². The molecule has 5 heteroatoms. The summed E-state index contributed by atoms with van der Waals surface area (Å²) >= 11 is 11.0. The van der Waals surface area contributed by atoms with Crippen LogP contribution in [0.15, 0.2) is 24.3 Å². The van der Waals surface area contributed by atoms with E-state index < -0.39 is 0 Å². The molecule has 0 atom stereocenters. The van der Waals surface area contributed by atoms with Crippen molar-refractivity contribution in [1.29, 1.82) is 0 Å². The van der Waals surface area contributed by atoms with Crippen molar-refractivity contribution >= 4 is 28.9 Å². The van der Waals surface area contributed by atoms with E-state index in [4.69, 9.17) is 28.6 Å². The van der Waals surface area contributed by atoms with Crippen molar-refractivity contribution in [3.63, 3.8) is 0 Å². The van der Waals surface area contributed by atoms with Gasteiger partial charge in [-0.15, -0.1) is 0 Å². The van der Waals surface area contributed by atoms with Crippen LogP contribution in [0.1, 0.15) is 18.9 Å². The number of hydrogen-bond acceptors (Lipinski definition) is 2. The van der Waals surface area contributed by atoms with Crippen LogP contribution in [0.3, 0.4) is 0 Å². The van der Waals surface area contributed by atoms with Gasteiger partial charge in [0.25, 0.3) is 0 Å². The summed E-state index contributed by atoms with van der Waals surface area (Å²) < 4.78 is 5.24. The average Bonchev–Trinajstić information content (AvgIpc) is 2.38. The monoisotopic (exact) mass is 286 g/mol. The third-order valence-electron chi connectivity index (χ3n) is 2.32. The Bertz CT molecular complexity index is 357. The highest BCUT2D eigenvalue weighted by Gasteiger charge is 1.96. The number of benzene rings is 1. The smallest absolute Gasteiger partial charge is 0.166 e. The quantitative estimate of drug-likeness (QED) is 0.596. The zero-order valence-electron chi connectivity index (χ0n) is 10.5. The van der Waals surface area contributed by atoms with Crippen molar-refractivity contribution in [2.75, 3.05) is 19.8 Å². The summed E-state index contributed by atoms with van der Waals surface area (Å²) in [4.78, 5) is 0. The van der Waals surface area contributed by atoms with Crippen molar-refractivity contribution in [2.45, 2.75) is 19.9 Å². The van der Waals surface area contributed by atoms with Crippen LogP contribution in [-0.4, -0.2) is 24.9 Å². The van der Waals surface area contributed by atoms with Crippen LogP contribution in [0.5, 0.6) is 0 Å². The molecule has 0 aromatic heterocycles. The Morgan fingerprint density at radius 3 is 2.67 bits per heavy atom. The van der Waals surface area contributed by atoms with Crippen molar-refractivity contribution in [1.82, 2.24) is 10.6 Å². The van der Waals surface area contributed by atoms with E-state index in [0.29, 0.717) is 11.7 Å². The molecule has 0 bridgehead atoms. The topological polar surface area (TPSA) is 33.3 Å². The third kappa shape index (κ3) is 6.79. The van der Waals surface area contributed by atoms with Crippen LogP contribution in [0, 0.1) is 0 Å². The second-order valence-corrected chi connectivity index (χ2v) is 4.63. The standard InChI is InChI=1S/C13H19ClN2OS/c1-2-17-9-3-8-15-13(18)16-10-11-4-6-12(14)7-5-11/h4-7H,2-3,8-10H2,1H3,(H2,15,16,18). The fourth-order valence-corrected chi connectivity index (χ4v) is 1.67. The van der Waals surface area contributed by atoms with Gasteiger partial charge in [-0.25, -0.2) is 0 Å². The molecule has 0 heterocycles. The van der Waals surface area contributed by atoms with E-state index in [1.165, 1.54) is 0 Å². The van der Waals surface area contributed by atoms with Gasteiger partial charge in [0.2, 0.25) is 0 Å². The lowest BCUT2D eigenvalue weighted by atomic mass is 10.2. The highest BCUT2D eigenvalue weighted by molar-refractivity contribution is 7.80. The molecule has 1 rings (SSSR count). The Morgan fingerprint density at radius 2 is 2.00 bits per heavy atom. The molecule has 0 saturated carbocycles. The maximum absolute atomic E-state index is 5.81. The Balaban J connectivity index is 2.11. The van der Waals surface area contributed by atoms with Crippen LogP contribution in [-0.2, 0) is 11.3 Å². The van der Waals surface area contributed by atoms with Gasteiger partial charge in [-0.3, -0.25) is 0 Å². The van der Waals surface area contributed by atoms with Gasteiger partial charge in [0.1, 0.15) is 0 Å². The molecule has 1 aromatic carbocycles. The van der Waals surface area contributed by atoms with Crippen LogP contribution in [0.4, 0.5) is 0 Å². The van der Waals surface area contributed by atoms with Gasteiger partial charge < -0.3 is 15.4 Å². The molecule has 0 unspecified atom stereocenters. The van der Waals surface area contributed by atoms with Crippen molar-refractivity contribution in [3.05, 3.63) is 34.9 Å². The molecule has 3 nitrogen and oxygen atoms in total. The lowest BCUT2D eigenvalue weighted by Gasteiger charge is -2.10. The van der Waals surface area contributed by atoms with E-state index in [1.54, 1.807) is 0 Å². The van der Waals surface area contributed by atoms with Gasteiger partial charge in [-0.1, -0.05) is 23.7 Å². The molecule has 2 N–H and O–H groups in total. The SMILES string of the molecule is CCOCCCNC(=S)NCc1ccc(Cl)cc1. The predicted molar refractivity (Wildman–Crippen MR) is 80.0 cm³/mol. The molecule has 0 spiro atoms. The second-order valence-electron chi connectivity index (χ2n) is 3.79. The first-order valence-corrected chi connectivity index (χ1v) is 6.85. The molecule has 0 saturated heterocycles. The highest BCUT2D eigenvalue weighted by atomic mass is 35.5. The Morgan fingerprint density at radius 1 is 1.28 bits per heavy atom. The van der Waals surface area contributed by atoms with Gasteiger partial charge in [-0.05, 0) is 43.3 Å². The molecule has 0 fully saturated rings. The zero-order chi connectivity index (χ0) is 13.2. The summed E-state index contributed by atoms with van der Waals surface area (Å²) in [6.07, 6.45) is 0.955. The number of thiocarbonyl (C=S) groups is 1. The minimum atomic E-state index is 0.668. The minimum absolute atomic E-state index is 0.668. The predicted octanol–water partition coefficient (Wildman–Crippen LogP) is 2.73. The Labute approximate surface area is 119 Å². The van der Waals surface area contributed by atoms with Gasteiger partial charge >= 0.3 is 0 Å². The van der Waals surface area contributed by atoms with Crippen LogP contribution in [0.2, 0.25) is 5.02 Å². The van der Waals surface area contributed by atoms with Gasteiger partial charge in [-0.2, -0.15) is 0 Å². The third-order valence-corrected chi connectivity index (χ3v) is 2.86. The molecule has 0 radical (unpaired) electrons. The summed E-state index contributed by atoms with van der Waals surface area (Å²) in [5, 5.41) is 7.70. The van der Waals surface area contributed by atoms with Crippen molar-refractivity contribution < 1.29 is 4.74 Å². The fourth-order valence-electron chi connectivity index (χ4n) is 1.37. The zero-order valence-corrected chi connectivity index (χ0v) is 12.1. The summed E-state index contributed by atoms with van der Waals surface area (Å²) in [6, 6.07) is 7.70. The Kier molecular flexibility index (Phi) is 7.73. The second kappa shape index (κ2) is 9.14. The van der Waals surface area contributed by atoms with E-state index in [9.17, 15) is 0 Å². The molecule has 1 aromatic rings. The van der Waals surface area contributed by atoms with Crippen LogP contribution < -0.4 is 10.6 Å². The van der Waals surface area contributed by atoms with Gasteiger partial charge in [0.05, 0.1) is 0 Å².